The third-order valence-corrected chi connectivity index (χ3v) is 6.44. The van der Waals surface area contributed by atoms with Gasteiger partial charge in [0.05, 0.1) is 16.7 Å². The average Bonchev–Trinajstić information content (AvgIpc) is 3.31. The highest BCUT2D eigenvalue weighted by atomic mass is 32.1. The van der Waals surface area contributed by atoms with E-state index >= 15 is 0 Å². The quantitative estimate of drug-likeness (QED) is 0.269. The largest absolute Gasteiger partial charge is 0.573 e. The van der Waals surface area contributed by atoms with Gasteiger partial charge in [0.1, 0.15) is 16.6 Å². The molecular weight excluding hydrogens is 508 g/mol. The van der Waals surface area contributed by atoms with E-state index in [2.05, 4.69) is 19.7 Å². The van der Waals surface area contributed by atoms with Crippen LogP contribution in [0.25, 0.3) is 32.7 Å². The topological polar surface area (TPSA) is 91.0 Å². The van der Waals surface area contributed by atoms with Crippen LogP contribution in [0.1, 0.15) is 21.1 Å². The molecule has 0 spiro atoms. The van der Waals surface area contributed by atoms with Gasteiger partial charge in [0, 0.05) is 34.2 Å². The molecule has 6 nitrogen and oxygen atoms in total. The predicted octanol–water partition coefficient (Wildman–Crippen LogP) is 6.15. The van der Waals surface area contributed by atoms with Crippen LogP contribution in [0.2, 0.25) is 0 Å². The number of carbonyl (C=O) groups is 1. The van der Waals surface area contributed by atoms with E-state index in [1.165, 1.54) is 41.7 Å². The Balaban J connectivity index is 1.50. The SMILES string of the molecule is NC(=O)c1nc2cccc(-c3ccccc3F)c2nc1Cc1cnc(-c2ccc(OC(F)(F)F)cc2)s1. The van der Waals surface area contributed by atoms with Crippen LogP contribution in [0.15, 0.2) is 72.9 Å². The van der Waals surface area contributed by atoms with Gasteiger partial charge in [-0.25, -0.2) is 19.3 Å². The normalized spacial score (nSPS) is 11.6. The van der Waals surface area contributed by atoms with Gasteiger partial charge in [-0.15, -0.1) is 24.5 Å². The molecule has 5 aromatic rings. The third-order valence-electron chi connectivity index (χ3n) is 5.39. The smallest absolute Gasteiger partial charge is 0.406 e. The Morgan fingerprint density at radius 2 is 1.68 bits per heavy atom. The first kappa shape index (κ1) is 24.3. The number of primary amides is 1. The van der Waals surface area contributed by atoms with Crippen LogP contribution in [0.4, 0.5) is 17.6 Å². The number of carbonyl (C=O) groups excluding carboxylic acids is 1. The second-order valence-electron chi connectivity index (χ2n) is 7.92. The van der Waals surface area contributed by atoms with Gasteiger partial charge in [-0.05, 0) is 36.4 Å². The highest BCUT2D eigenvalue weighted by molar-refractivity contribution is 7.15. The maximum atomic E-state index is 14.5. The first-order valence-electron chi connectivity index (χ1n) is 10.8. The maximum absolute atomic E-state index is 14.5. The zero-order chi connectivity index (χ0) is 26.2. The van der Waals surface area contributed by atoms with Gasteiger partial charge in [-0.1, -0.05) is 30.3 Å². The Morgan fingerprint density at radius 1 is 0.946 bits per heavy atom. The minimum absolute atomic E-state index is 0.0122. The number of benzene rings is 3. The number of ether oxygens (including phenoxy) is 1. The molecule has 0 aliphatic heterocycles. The second-order valence-corrected chi connectivity index (χ2v) is 9.03. The van der Waals surface area contributed by atoms with E-state index in [1.807, 2.05) is 0 Å². The van der Waals surface area contributed by atoms with Crippen molar-refractivity contribution >= 4 is 28.3 Å². The van der Waals surface area contributed by atoms with E-state index < -0.39 is 18.1 Å². The van der Waals surface area contributed by atoms with Crippen LogP contribution < -0.4 is 10.5 Å². The van der Waals surface area contributed by atoms with Gasteiger partial charge in [0.15, 0.2) is 5.69 Å². The van der Waals surface area contributed by atoms with Crippen molar-refractivity contribution in [1.29, 1.82) is 0 Å². The van der Waals surface area contributed by atoms with Gasteiger partial charge in [-0.2, -0.15) is 0 Å². The average molecular weight is 524 g/mol. The lowest BCUT2D eigenvalue weighted by atomic mass is 10.0. The lowest BCUT2D eigenvalue weighted by Gasteiger charge is -2.11. The molecule has 0 saturated heterocycles. The van der Waals surface area contributed by atoms with Crippen LogP contribution in [0.3, 0.4) is 0 Å². The molecule has 0 saturated carbocycles. The molecule has 3 aromatic carbocycles. The molecular formula is C26H16F4N4O2S. The third kappa shape index (κ3) is 5.26. The van der Waals surface area contributed by atoms with Crippen LogP contribution in [-0.4, -0.2) is 27.2 Å². The molecule has 186 valence electrons. The molecule has 2 heterocycles. The second kappa shape index (κ2) is 9.58. The number of hydrogen-bond acceptors (Lipinski definition) is 6. The first-order valence-corrected chi connectivity index (χ1v) is 11.6. The van der Waals surface area contributed by atoms with Crippen LogP contribution >= 0.6 is 11.3 Å². The molecule has 0 aliphatic carbocycles. The van der Waals surface area contributed by atoms with E-state index in [0.29, 0.717) is 43.3 Å². The lowest BCUT2D eigenvalue weighted by Crippen LogP contribution is -2.17. The Hall–Kier alpha value is -4.38. The summed E-state index contributed by atoms with van der Waals surface area (Å²) in [4.78, 5) is 26.3. The Labute approximate surface area is 211 Å². The fourth-order valence-electron chi connectivity index (χ4n) is 3.82. The van der Waals surface area contributed by atoms with E-state index in [9.17, 15) is 22.4 Å². The van der Waals surface area contributed by atoms with Crippen molar-refractivity contribution in [2.75, 3.05) is 0 Å². The summed E-state index contributed by atoms with van der Waals surface area (Å²) in [6.45, 7) is 0. The zero-order valence-corrected chi connectivity index (χ0v) is 19.6. The Bertz CT molecular complexity index is 1620. The van der Waals surface area contributed by atoms with Crippen molar-refractivity contribution in [3.8, 4) is 27.4 Å². The van der Waals surface area contributed by atoms with E-state index in [0.717, 1.165) is 0 Å². The summed E-state index contributed by atoms with van der Waals surface area (Å²) in [6, 6.07) is 16.7. The van der Waals surface area contributed by atoms with Crippen molar-refractivity contribution < 1.29 is 27.1 Å². The monoisotopic (exact) mass is 524 g/mol. The van der Waals surface area contributed by atoms with Crippen LogP contribution in [0, 0.1) is 5.82 Å². The summed E-state index contributed by atoms with van der Waals surface area (Å²) in [5, 5.41) is 0.551. The van der Waals surface area contributed by atoms with E-state index in [4.69, 9.17) is 5.73 Å². The fourth-order valence-corrected chi connectivity index (χ4v) is 4.74. The van der Waals surface area contributed by atoms with Gasteiger partial charge in [0.2, 0.25) is 0 Å². The standard InChI is InChI=1S/C26H16F4N4O2S/c27-19-6-2-1-4-17(19)18-5-3-7-20-22(18)34-21(23(33-20)24(31)35)12-16-13-32-25(37-16)14-8-10-15(11-9-14)36-26(28,29)30/h1-11,13H,12H2,(H2,31,35). The molecule has 0 fully saturated rings. The van der Waals surface area contributed by atoms with Crippen molar-refractivity contribution in [2.24, 2.45) is 5.73 Å². The minimum Gasteiger partial charge on any atom is -0.406 e. The van der Waals surface area contributed by atoms with Crippen molar-refractivity contribution in [2.45, 2.75) is 12.8 Å². The number of amides is 1. The number of thiazole rings is 1. The maximum Gasteiger partial charge on any atom is 0.573 e. The van der Waals surface area contributed by atoms with Gasteiger partial charge in [-0.3, -0.25) is 4.79 Å². The summed E-state index contributed by atoms with van der Waals surface area (Å²) in [5.41, 5.74) is 8.13. The molecule has 0 bridgehead atoms. The van der Waals surface area contributed by atoms with Gasteiger partial charge < -0.3 is 10.5 Å². The minimum atomic E-state index is -4.78. The summed E-state index contributed by atoms with van der Waals surface area (Å²) >= 11 is 1.27. The molecule has 2 aromatic heterocycles. The Kier molecular flexibility index (Phi) is 6.30. The fraction of sp³-hybridized carbons (Fsp3) is 0.0769. The number of hydrogen-bond donors (Lipinski definition) is 1. The molecule has 5 rings (SSSR count). The highest BCUT2D eigenvalue weighted by Crippen LogP contribution is 2.32. The van der Waals surface area contributed by atoms with E-state index in [1.54, 1.807) is 42.6 Å². The number of alkyl halides is 3. The van der Waals surface area contributed by atoms with Crippen molar-refractivity contribution in [3.05, 3.63) is 95.0 Å². The molecule has 1 amide bonds. The molecule has 0 unspecified atom stereocenters. The number of halogens is 4. The van der Waals surface area contributed by atoms with Crippen molar-refractivity contribution in [1.82, 2.24) is 15.0 Å². The number of rotatable bonds is 6. The van der Waals surface area contributed by atoms with Gasteiger partial charge >= 0.3 is 6.36 Å². The number of nitrogens with two attached hydrogens (primary N) is 1. The molecule has 0 aliphatic rings. The molecule has 0 atom stereocenters. The van der Waals surface area contributed by atoms with E-state index in [-0.39, 0.29) is 17.9 Å². The summed E-state index contributed by atoms with van der Waals surface area (Å²) in [5.74, 6) is -1.52. The number of para-hydroxylation sites is 1. The molecule has 2 N–H and O–H groups in total. The zero-order valence-electron chi connectivity index (χ0n) is 18.8. The number of fused-ring (bicyclic) bond motifs is 1. The lowest BCUT2D eigenvalue weighted by molar-refractivity contribution is -0.274. The van der Waals surface area contributed by atoms with Gasteiger partial charge in [0.25, 0.3) is 5.91 Å². The summed E-state index contributed by atoms with van der Waals surface area (Å²) in [6.07, 6.45) is -3.03. The van der Waals surface area contributed by atoms with Crippen LogP contribution in [0.5, 0.6) is 5.75 Å². The molecule has 0 radical (unpaired) electrons. The summed E-state index contributed by atoms with van der Waals surface area (Å²) < 4.78 is 55.7. The summed E-state index contributed by atoms with van der Waals surface area (Å²) in [7, 11) is 0. The highest BCUT2D eigenvalue weighted by Gasteiger charge is 2.31. The predicted molar refractivity (Wildman–Crippen MR) is 130 cm³/mol. The Morgan fingerprint density at radius 3 is 2.38 bits per heavy atom. The number of aromatic nitrogens is 3. The van der Waals surface area contributed by atoms with Crippen molar-refractivity contribution in [3.63, 3.8) is 0 Å². The molecule has 37 heavy (non-hydrogen) atoms. The first-order chi connectivity index (χ1) is 17.7. The number of nitrogens with zero attached hydrogens (tertiary/aromatic N) is 3. The molecule has 11 heteroatoms. The van der Waals surface area contributed by atoms with Crippen LogP contribution in [-0.2, 0) is 6.42 Å².